The molecule has 0 spiro atoms. The number of nitrogens with two attached hydrogens (primary N) is 1. The van der Waals surface area contributed by atoms with E-state index in [2.05, 4.69) is 27.7 Å². The fourth-order valence-corrected chi connectivity index (χ4v) is 1.02. The molecule has 1 heterocycles. The quantitative estimate of drug-likeness (QED) is 0.524. The molecule has 1 rings (SSSR count). The summed E-state index contributed by atoms with van der Waals surface area (Å²) in [4.78, 5) is 18.0. The highest BCUT2D eigenvalue weighted by Gasteiger charge is 2.15. The summed E-state index contributed by atoms with van der Waals surface area (Å²) < 4.78 is 4.79. The van der Waals surface area contributed by atoms with E-state index in [1.165, 1.54) is 6.33 Å². The van der Waals surface area contributed by atoms with Crippen LogP contribution in [0.15, 0.2) is 12.5 Å². The van der Waals surface area contributed by atoms with Crippen LogP contribution in [0.25, 0.3) is 0 Å². The summed E-state index contributed by atoms with van der Waals surface area (Å²) >= 11 is 0. The number of hydrogen-bond donors (Lipinski definition) is 2. The van der Waals surface area contributed by atoms with Gasteiger partial charge in [0, 0.05) is 18.3 Å². The molecule has 82 valence electrons. The zero-order valence-corrected chi connectivity index (χ0v) is 8.56. The number of esters is 1. The van der Waals surface area contributed by atoms with Crippen LogP contribution in [-0.2, 0) is 16.0 Å². The molecule has 3 N–H and O–H groups in total. The van der Waals surface area contributed by atoms with Crippen molar-refractivity contribution in [1.29, 1.82) is 0 Å². The Labute approximate surface area is 93.4 Å². The van der Waals surface area contributed by atoms with Crippen LogP contribution in [0.2, 0.25) is 0 Å². The van der Waals surface area contributed by atoms with Gasteiger partial charge >= 0.3 is 5.97 Å². The number of carbonyl (C=O) groups excluding carboxylic acids is 1. The van der Waals surface area contributed by atoms with Crippen molar-refractivity contribution in [3.05, 3.63) is 18.2 Å². The maximum atomic E-state index is 11.3. The van der Waals surface area contributed by atoms with Gasteiger partial charge in [-0.1, -0.05) is 0 Å². The SMILES string of the molecule is C#CC#CCOC(=O)C(N)Cc1cnc[nH]1. The van der Waals surface area contributed by atoms with Crippen LogP contribution in [0, 0.1) is 24.2 Å². The standard InChI is InChI=1S/C11H11N3O2/c1-2-3-4-5-16-11(15)10(12)6-9-7-13-8-14-9/h1,7-8,10H,5-6,12H2,(H,13,14). The van der Waals surface area contributed by atoms with E-state index in [0.717, 1.165) is 5.69 Å². The Morgan fingerprint density at radius 1 is 1.75 bits per heavy atom. The number of hydrogen-bond acceptors (Lipinski definition) is 4. The minimum absolute atomic E-state index is 0.0420. The largest absolute Gasteiger partial charge is 0.451 e. The van der Waals surface area contributed by atoms with Crippen LogP contribution < -0.4 is 5.73 Å². The Kier molecular flexibility index (Phi) is 4.65. The Morgan fingerprint density at radius 3 is 3.19 bits per heavy atom. The molecule has 0 aliphatic carbocycles. The number of terminal acetylenes is 1. The van der Waals surface area contributed by atoms with E-state index < -0.39 is 12.0 Å². The van der Waals surface area contributed by atoms with Gasteiger partial charge in [0.05, 0.1) is 6.33 Å². The second-order valence-electron chi connectivity index (χ2n) is 2.94. The van der Waals surface area contributed by atoms with Crippen molar-refractivity contribution in [3.8, 4) is 24.2 Å². The van der Waals surface area contributed by atoms with Crippen LogP contribution in [0.4, 0.5) is 0 Å². The fourth-order valence-electron chi connectivity index (χ4n) is 1.02. The summed E-state index contributed by atoms with van der Waals surface area (Å²) in [5, 5.41) is 0. The summed E-state index contributed by atoms with van der Waals surface area (Å²) in [6, 6.07) is -0.729. The molecule has 16 heavy (non-hydrogen) atoms. The first-order valence-corrected chi connectivity index (χ1v) is 4.57. The number of aromatic nitrogens is 2. The molecule has 1 aromatic rings. The fraction of sp³-hybridized carbons (Fsp3) is 0.273. The van der Waals surface area contributed by atoms with Gasteiger partial charge in [-0.15, -0.1) is 6.42 Å². The normalized spacial score (nSPS) is 10.8. The van der Waals surface area contributed by atoms with E-state index in [1.807, 2.05) is 0 Å². The van der Waals surface area contributed by atoms with Gasteiger partial charge in [-0.25, -0.2) is 4.98 Å². The number of nitrogens with one attached hydrogen (secondary N) is 1. The topological polar surface area (TPSA) is 81.0 Å². The van der Waals surface area contributed by atoms with E-state index in [0.29, 0.717) is 6.42 Å². The van der Waals surface area contributed by atoms with Crippen molar-refractivity contribution in [2.75, 3.05) is 6.61 Å². The number of aromatic amines is 1. The van der Waals surface area contributed by atoms with Gasteiger partial charge in [0.15, 0.2) is 6.61 Å². The van der Waals surface area contributed by atoms with E-state index >= 15 is 0 Å². The van der Waals surface area contributed by atoms with Crippen molar-refractivity contribution in [2.24, 2.45) is 5.73 Å². The number of imidazole rings is 1. The van der Waals surface area contributed by atoms with Crippen LogP contribution in [0.5, 0.6) is 0 Å². The molecule has 0 bridgehead atoms. The molecule has 5 heteroatoms. The highest BCUT2D eigenvalue weighted by atomic mass is 16.5. The first kappa shape index (κ1) is 11.8. The molecule has 1 atom stereocenters. The molecule has 0 aliphatic heterocycles. The molecule has 0 saturated heterocycles. The lowest BCUT2D eigenvalue weighted by molar-refractivity contribution is -0.143. The first-order valence-electron chi connectivity index (χ1n) is 4.57. The van der Waals surface area contributed by atoms with Crippen LogP contribution in [0.3, 0.4) is 0 Å². The lowest BCUT2D eigenvalue weighted by Gasteiger charge is -2.08. The van der Waals surface area contributed by atoms with Crippen molar-refractivity contribution < 1.29 is 9.53 Å². The Hall–Kier alpha value is -2.24. The Balaban J connectivity index is 2.34. The van der Waals surface area contributed by atoms with Crippen molar-refractivity contribution in [2.45, 2.75) is 12.5 Å². The third-order valence-electron chi connectivity index (χ3n) is 1.74. The highest BCUT2D eigenvalue weighted by Crippen LogP contribution is 1.97. The monoisotopic (exact) mass is 217 g/mol. The molecule has 1 aromatic heterocycles. The zero-order valence-electron chi connectivity index (χ0n) is 8.56. The van der Waals surface area contributed by atoms with Gasteiger partial charge in [-0.3, -0.25) is 4.79 Å². The number of carbonyl (C=O) groups is 1. The van der Waals surface area contributed by atoms with Gasteiger partial charge in [0.1, 0.15) is 6.04 Å². The summed E-state index contributed by atoms with van der Waals surface area (Å²) in [6.07, 6.45) is 8.37. The number of rotatable bonds is 4. The molecule has 0 aliphatic rings. The smallest absolute Gasteiger partial charge is 0.324 e. The van der Waals surface area contributed by atoms with Crippen LogP contribution >= 0.6 is 0 Å². The highest BCUT2D eigenvalue weighted by molar-refractivity contribution is 5.75. The van der Waals surface area contributed by atoms with Gasteiger partial charge in [-0.05, 0) is 17.8 Å². The van der Waals surface area contributed by atoms with E-state index in [-0.39, 0.29) is 6.61 Å². The summed E-state index contributed by atoms with van der Waals surface area (Å²) in [5.74, 6) is 6.40. The van der Waals surface area contributed by atoms with Crippen molar-refractivity contribution in [1.82, 2.24) is 9.97 Å². The average molecular weight is 217 g/mol. The molecule has 0 aromatic carbocycles. The third kappa shape index (κ3) is 3.87. The second-order valence-corrected chi connectivity index (χ2v) is 2.94. The molecule has 0 saturated carbocycles. The Bertz CT molecular complexity index is 434. The van der Waals surface area contributed by atoms with Gasteiger partial charge in [-0.2, -0.15) is 0 Å². The number of ether oxygens (including phenoxy) is 1. The predicted octanol–water partition coefficient (Wildman–Crippen LogP) is -0.541. The maximum Gasteiger partial charge on any atom is 0.324 e. The summed E-state index contributed by atoms with van der Waals surface area (Å²) in [7, 11) is 0. The van der Waals surface area contributed by atoms with E-state index in [1.54, 1.807) is 6.20 Å². The van der Waals surface area contributed by atoms with Gasteiger partial charge in [0.25, 0.3) is 0 Å². The van der Waals surface area contributed by atoms with Crippen molar-refractivity contribution in [3.63, 3.8) is 0 Å². The number of nitrogens with zero attached hydrogens (tertiary/aromatic N) is 1. The summed E-state index contributed by atoms with van der Waals surface area (Å²) in [6.45, 7) is -0.0420. The van der Waals surface area contributed by atoms with E-state index in [9.17, 15) is 4.79 Å². The molecular weight excluding hydrogens is 206 g/mol. The van der Waals surface area contributed by atoms with Gasteiger partial charge in [0.2, 0.25) is 0 Å². The van der Waals surface area contributed by atoms with E-state index in [4.69, 9.17) is 16.9 Å². The average Bonchev–Trinajstić information content (AvgIpc) is 2.76. The Morgan fingerprint density at radius 2 is 2.56 bits per heavy atom. The van der Waals surface area contributed by atoms with Crippen LogP contribution in [-0.4, -0.2) is 28.6 Å². The van der Waals surface area contributed by atoms with Crippen LogP contribution in [0.1, 0.15) is 5.69 Å². The molecular formula is C11H11N3O2. The second kappa shape index (κ2) is 6.28. The molecule has 0 fully saturated rings. The predicted molar refractivity (Wildman–Crippen MR) is 57.8 cm³/mol. The minimum Gasteiger partial charge on any atom is -0.451 e. The lowest BCUT2D eigenvalue weighted by atomic mass is 10.2. The molecule has 0 amide bonds. The number of H-pyrrole nitrogens is 1. The maximum absolute atomic E-state index is 11.3. The molecule has 5 nitrogen and oxygen atoms in total. The first-order chi connectivity index (χ1) is 7.74. The third-order valence-corrected chi connectivity index (χ3v) is 1.74. The van der Waals surface area contributed by atoms with Crippen molar-refractivity contribution >= 4 is 5.97 Å². The lowest BCUT2D eigenvalue weighted by Crippen LogP contribution is -2.34. The van der Waals surface area contributed by atoms with Gasteiger partial charge < -0.3 is 15.5 Å². The molecule has 0 radical (unpaired) electrons. The summed E-state index contributed by atoms with van der Waals surface area (Å²) in [5.41, 5.74) is 6.39. The minimum atomic E-state index is -0.729. The zero-order chi connectivity index (χ0) is 11.8. The molecule has 1 unspecified atom stereocenters.